The number of anilines is 1. The Morgan fingerprint density at radius 1 is 1.37 bits per heavy atom. The summed E-state index contributed by atoms with van der Waals surface area (Å²) in [5.74, 6) is -1.18. The van der Waals surface area contributed by atoms with Gasteiger partial charge in [0.05, 0.1) is 5.52 Å². The van der Waals surface area contributed by atoms with Crippen molar-refractivity contribution in [2.75, 3.05) is 12.3 Å². The van der Waals surface area contributed by atoms with E-state index >= 15 is 0 Å². The van der Waals surface area contributed by atoms with Crippen LogP contribution in [-0.4, -0.2) is 27.3 Å². The number of aromatic amines is 1. The molecule has 0 spiro atoms. The van der Waals surface area contributed by atoms with Crippen LogP contribution in [0.25, 0.3) is 10.9 Å². The summed E-state index contributed by atoms with van der Waals surface area (Å²) < 4.78 is 53.6. The van der Waals surface area contributed by atoms with Gasteiger partial charge in [-0.3, -0.25) is 4.79 Å². The van der Waals surface area contributed by atoms with Crippen molar-refractivity contribution in [3.8, 4) is 0 Å². The van der Waals surface area contributed by atoms with Gasteiger partial charge in [0.1, 0.15) is 10.7 Å². The molecule has 27 heavy (non-hydrogen) atoms. The van der Waals surface area contributed by atoms with Gasteiger partial charge < -0.3 is 15.6 Å². The molecule has 0 atom stereocenters. The molecule has 0 saturated carbocycles. The first-order valence-corrected chi connectivity index (χ1v) is 8.89. The van der Waals surface area contributed by atoms with Crippen molar-refractivity contribution in [3.63, 3.8) is 0 Å². The summed E-state index contributed by atoms with van der Waals surface area (Å²) in [5.41, 5.74) is 6.85. The molecule has 0 saturated heterocycles. The van der Waals surface area contributed by atoms with E-state index in [2.05, 4.69) is 9.97 Å². The third-order valence-corrected chi connectivity index (χ3v) is 5.55. The third kappa shape index (κ3) is 2.84. The first-order chi connectivity index (χ1) is 12.7. The lowest BCUT2D eigenvalue weighted by atomic mass is 10.0. The predicted octanol–water partition coefficient (Wildman–Crippen LogP) is 3.87. The molecule has 3 heterocycles. The van der Waals surface area contributed by atoms with E-state index in [0.717, 1.165) is 16.8 Å². The minimum atomic E-state index is -4.76. The number of hydrogen-bond acceptors (Lipinski definition) is 4. The van der Waals surface area contributed by atoms with E-state index in [1.165, 1.54) is 11.0 Å². The maximum absolute atomic E-state index is 14.1. The number of H-pyrrole nitrogens is 1. The van der Waals surface area contributed by atoms with Crippen LogP contribution in [-0.2, 0) is 19.1 Å². The van der Waals surface area contributed by atoms with Gasteiger partial charge in [0.2, 0.25) is 0 Å². The molecule has 0 aliphatic carbocycles. The topological polar surface area (TPSA) is 75.0 Å². The SMILES string of the molecule is Cc1ccc(F)c2[nH]c3c(c12)CN(C(=O)c1sc(N)nc1C(F)(F)F)CC3. The van der Waals surface area contributed by atoms with Crippen molar-refractivity contribution in [3.05, 3.63) is 45.3 Å². The number of thiazole rings is 1. The second-order valence-electron chi connectivity index (χ2n) is 6.40. The largest absolute Gasteiger partial charge is 0.435 e. The Morgan fingerprint density at radius 2 is 2.11 bits per heavy atom. The highest BCUT2D eigenvalue weighted by atomic mass is 32.1. The molecule has 1 aliphatic heterocycles. The molecular weight excluding hydrogens is 384 g/mol. The Hall–Kier alpha value is -2.62. The van der Waals surface area contributed by atoms with Crippen LogP contribution in [0, 0.1) is 12.7 Å². The number of rotatable bonds is 1. The van der Waals surface area contributed by atoms with Crippen molar-refractivity contribution in [2.24, 2.45) is 0 Å². The van der Waals surface area contributed by atoms with Crippen LogP contribution in [0.4, 0.5) is 22.7 Å². The summed E-state index contributed by atoms with van der Waals surface area (Å²) in [5, 5.41) is 0.357. The Morgan fingerprint density at radius 3 is 2.81 bits per heavy atom. The summed E-state index contributed by atoms with van der Waals surface area (Å²) in [6.45, 7) is 2.13. The number of aryl methyl sites for hydroxylation is 1. The van der Waals surface area contributed by atoms with Gasteiger partial charge >= 0.3 is 6.18 Å². The number of alkyl halides is 3. The summed E-state index contributed by atoms with van der Waals surface area (Å²) in [4.78, 5) is 19.9. The van der Waals surface area contributed by atoms with E-state index in [-0.39, 0.29) is 18.2 Å². The van der Waals surface area contributed by atoms with E-state index < -0.39 is 28.5 Å². The molecular formula is C17H14F4N4OS. The number of carbonyl (C=O) groups excluding carboxylic acids is 1. The lowest BCUT2D eigenvalue weighted by Crippen LogP contribution is -2.36. The van der Waals surface area contributed by atoms with Crippen molar-refractivity contribution >= 4 is 33.3 Å². The second-order valence-corrected chi connectivity index (χ2v) is 7.43. The molecule has 5 nitrogen and oxygen atoms in total. The molecule has 0 fully saturated rings. The molecule has 1 aromatic carbocycles. The summed E-state index contributed by atoms with van der Waals surface area (Å²) in [7, 11) is 0. The van der Waals surface area contributed by atoms with Gasteiger partial charge in [-0.15, -0.1) is 0 Å². The Balaban J connectivity index is 1.74. The number of benzene rings is 1. The number of nitrogens with two attached hydrogens (primary N) is 1. The second kappa shape index (κ2) is 5.95. The number of fused-ring (bicyclic) bond motifs is 3. The summed E-state index contributed by atoms with van der Waals surface area (Å²) >= 11 is 0.523. The molecule has 10 heteroatoms. The van der Waals surface area contributed by atoms with Crippen LogP contribution in [0.1, 0.15) is 32.2 Å². The van der Waals surface area contributed by atoms with E-state index in [1.807, 2.05) is 6.92 Å². The molecule has 0 unspecified atom stereocenters. The number of nitrogens with zero attached hydrogens (tertiary/aromatic N) is 2. The fraction of sp³-hybridized carbons (Fsp3) is 0.294. The quantitative estimate of drug-likeness (QED) is 0.611. The first-order valence-electron chi connectivity index (χ1n) is 8.08. The fourth-order valence-electron chi connectivity index (χ4n) is 3.46. The highest BCUT2D eigenvalue weighted by Gasteiger charge is 2.41. The maximum Gasteiger partial charge on any atom is 0.435 e. The van der Waals surface area contributed by atoms with E-state index in [1.54, 1.807) is 6.07 Å². The molecule has 2 aromatic heterocycles. The van der Waals surface area contributed by atoms with Crippen molar-refractivity contribution in [1.82, 2.24) is 14.9 Å². The predicted molar refractivity (Wildman–Crippen MR) is 93.0 cm³/mol. The average Bonchev–Trinajstić information content (AvgIpc) is 3.18. The minimum absolute atomic E-state index is 0.0908. The lowest BCUT2D eigenvalue weighted by molar-refractivity contribution is -0.141. The van der Waals surface area contributed by atoms with Crippen molar-refractivity contribution < 1.29 is 22.4 Å². The zero-order valence-electron chi connectivity index (χ0n) is 14.1. The van der Waals surface area contributed by atoms with Gasteiger partial charge in [-0.1, -0.05) is 17.4 Å². The molecule has 0 bridgehead atoms. The van der Waals surface area contributed by atoms with E-state index in [9.17, 15) is 22.4 Å². The third-order valence-electron chi connectivity index (χ3n) is 4.68. The van der Waals surface area contributed by atoms with Gasteiger partial charge in [0, 0.05) is 36.2 Å². The number of amides is 1. The molecule has 3 aromatic rings. The Labute approximate surface area is 154 Å². The lowest BCUT2D eigenvalue weighted by Gasteiger charge is -2.27. The van der Waals surface area contributed by atoms with Crippen LogP contribution in [0.3, 0.4) is 0 Å². The van der Waals surface area contributed by atoms with Crippen LogP contribution in [0.15, 0.2) is 12.1 Å². The number of aromatic nitrogens is 2. The first kappa shape index (κ1) is 17.8. The van der Waals surface area contributed by atoms with Crippen molar-refractivity contribution in [1.29, 1.82) is 0 Å². The summed E-state index contributed by atoms with van der Waals surface area (Å²) in [6.07, 6.45) is -4.37. The Kier molecular flexibility index (Phi) is 3.91. The van der Waals surface area contributed by atoms with Crippen molar-refractivity contribution in [2.45, 2.75) is 26.1 Å². The normalized spacial score (nSPS) is 14.6. The number of halogens is 4. The maximum atomic E-state index is 14.1. The summed E-state index contributed by atoms with van der Waals surface area (Å²) in [6, 6.07) is 3.00. The molecule has 0 radical (unpaired) electrons. The number of carbonyl (C=O) groups is 1. The fourth-order valence-corrected chi connectivity index (χ4v) is 4.29. The number of hydrogen-bond donors (Lipinski definition) is 2. The Bertz CT molecular complexity index is 1070. The molecule has 4 rings (SSSR count). The highest BCUT2D eigenvalue weighted by molar-refractivity contribution is 7.17. The zero-order valence-corrected chi connectivity index (χ0v) is 14.9. The van der Waals surface area contributed by atoms with Crippen LogP contribution in [0.5, 0.6) is 0 Å². The molecule has 142 valence electrons. The van der Waals surface area contributed by atoms with Gasteiger partial charge in [0.25, 0.3) is 5.91 Å². The number of nitrogen functional groups attached to an aromatic ring is 1. The minimum Gasteiger partial charge on any atom is -0.375 e. The van der Waals surface area contributed by atoms with Crippen LogP contribution < -0.4 is 5.73 Å². The molecule has 3 N–H and O–H groups in total. The van der Waals surface area contributed by atoms with E-state index in [0.29, 0.717) is 28.7 Å². The van der Waals surface area contributed by atoms with Crippen LogP contribution >= 0.6 is 11.3 Å². The highest BCUT2D eigenvalue weighted by Crippen LogP contribution is 2.37. The standard InChI is InChI=1S/C17H14F4N4OS/c1-7-2-3-9(18)12-11(7)8-6-25(5-4-10(8)23-12)15(26)13-14(17(19,20)21)24-16(22)27-13/h2-3,23H,4-6H2,1H3,(H2,22,24). The molecule has 1 aliphatic rings. The van der Waals surface area contributed by atoms with Gasteiger partial charge in [-0.25, -0.2) is 9.37 Å². The zero-order chi connectivity index (χ0) is 19.5. The smallest absolute Gasteiger partial charge is 0.375 e. The van der Waals surface area contributed by atoms with E-state index in [4.69, 9.17) is 5.73 Å². The van der Waals surface area contributed by atoms with Crippen LogP contribution in [0.2, 0.25) is 0 Å². The number of nitrogens with one attached hydrogen (secondary N) is 1. The monoisotopic (exact) mass is 398 g/mol. The molecule has 1 amide bonds. The van der Waals surface area contributed by atoms with Gasteiger partial charge in [-0.2, -0.15) is 13.2 Å². The average molecular weight is 398 g/mol. The van der Waals surface area contributed by atoms with Gasteiger partial charge in [0.15, 0.2) is 10.8 Å². The van der Waals surface area contributed by atoms with Gasteiger partial charge in [-0.05, 0) is 18.6 Å².